The van der Waals surface area contributed by atoms with Crippen LogP contribution >= 0.6 is 11.6 Å². The van der Waals surface area contributed by atoms with E-state index in [1.165, 1.54) is 0 Å². The first-order valence-electron chi connectivity index (χ1n) is 9.42. The van der Waals surface area contributed by atoms with Crippen LogP contribution in [0.1, 0.15) is 26.3 Å². The number of hydrogen-bond acceptors (Lipinski definition) is 5. The molecular formula is C21H26ClN3O3. The molecule has 0 spiro atoms. The molecule has 3 rings (SSSR count). The zero-order valence-electron chi connectivity index (χ0n) is 16.6. The van der Waals surface area contributed by atoms with Crippen LogP contribution in [0.3, 0.4) is 0 Å². The van der Waals surface area contributed by atoms with E-state index in [-0.39, 0.29) is 18.1 Å². The number of nitrogens with zero attached hydrogens (tertiary/aromatic N) is 2. The minimum Gasteiger partial charge on any atom is -0.481 e. The monoisotopic (exact) mass is 403 g/mol. The van der Waals surface area contributed by atoms with Crippen molar-refractivity contribution in [3.8, 4) is 5.75 Å². The van der Waals surface area contributed by atoms with Gasteiger partial charge in [-0.2, -0.15) is 0 Å². The van der Waals surface area contributed by atoms with Crippen LogP contribution in [0.2, 0.25) is 5.02 Å². The number of aryl methyl sites for hydroxylation is 1. The van der Waals surface area contributed by atoms with E-state index >= 15 is 0 Å². The Bertz CT molecular complexity index is 818. The van der Waals surface area contributed by atoms with Crippen molar-refractivity contribution >= 4 is 29.0 Å². The summed E-state index contributed by atoms with van der Waals surface area (Å²) in [7, 11) is 0. The predicted octanol–water partition coefficient (Wildman–Crippen LogP) is 4.06. The first kappa shape index (κ1) is 20.4. The summed E-state index contributed by atoms with van der Waals surface area (Å²) in [6.07, 6.45) is 1.34. The van der Waals surface area contributed by atoms with Crippen molar-refractivity contribution in [1.82, 2.24) is 4.98 Å². The number of nitrogens with one attached hydrogen (secondary N) is 1. The maximum Gasteiger partial charge on any atom is 0.265 e. The number of hydrogen-bond donors (Lipinski definition) is 1. The van der Waals surface area contributed by atoms with Crippen LogP contribution in [0.5, 0.6) is 5.75 Å². The average Bonchev–Trinajstić information content (AvgIpc) is 2.64. The summed E-state index contributed by atoms with van der Waals surface area (Å²) in [5, 5.41) is 3.51. The summed E-state index contributed by atoms with van der Waals surface area (Å²) in [5.41, 5.74) is 1.53. The van der Waals surface area contributed by atoms with E-state index in [9.17, 15) is 4.79 Å². The Morgan fingerprint density at radius 1 is 1.29 bits per heavy atom. The van der Waals surface area contributed by atoms with Crippen molar-refractivity contribution in [2.45, 2.75) is 46.0 Å². The van der Waals surface area contributed by atoms with Crippen LogP contribution in [0, 0.1) is 6.92 Å². The van der Waals surface area contributed by atoms with Gasteiger partial charge in [-0.3, -0.25) is 4.79 Å². The molecule has 28 heavy (non-hydrogen) atoms. The highest BCUT2D eigenvalue weighted by atomic mass is 35.5. The highest BCUT2D eigenvalue weighted by Gasteiger charge is 2.23. The smallest absolute Gasteiger partial charge is 0.265 e. The number of benzene rings is 1. The van der Waals surface area contributed by atoms with Crippen LogP contribution in [-0.4, -0.2) is 42.3 Å². The Morgan fingerprint density at radius 3 is 2.61 bits per heavy atom. The second-order valence-electron chi connectivity index (χ2n) is 7.23. The maximum atomic E-state index is 12.4. The first-order valence-corrected chi connectivity index (χ1v) is 9.79. The fourth-order valence-corrected chi connectivity index (χ4v) is 3.32. The number of carbonyl (C=O) groups is 1. The molecule has 0 bridgehead atoms. The summed E-state index contributed by atoms with van der Waals surface area (Å²) < 4.78 is 11.5. The van der Waals surface area contributed by atoms with Gasteiger partial charge in [0.1, 0.15) is 11.6 Å². The van der Waals surface area contributed by atoms with Gasteiger partial charge >= 0.3 is 0 Å². The minimum atomic E-state index is -0.652. The Morgan fingerprint density at radius 2 is 2.00 bits per heavy atom. The summed E-state index contributed by atoms with van der Waals surface area (Å²) in [5.74, 6) is 1.24. The summed E-state index contributed by atoms with van der Waals surface area (Å²) in [6, 6.07) is 9.08. The van der Waals surface area contributed by atoms with Gasteiger partial charge < -0.3 is 19.7 Å². The molecule has 1 saturated heterocycles. The Labute approximate surface area is 170 Å². The van der Waals surface area contributed by atoms with E-state index < -0.39 is 6.10 Å². The van der Waals surface area contributed by atoms with Gasteiger partial charge in [-0.15, -0.1) is 0 Å². The SMILES string of the molecule is Cc1cc(OC(C)C(=O)Nc2ccc(N3CC(C)OC(C)C3)nc2)ccc1Cl. The van der Waals surface area contributed by atoms with Gasteiger partial charge in [-0.25, -0.2) is 4.98 Å². The fraction of sp³-hybridized carbons (Fsp3) is 0.429. The number of halogens is 1. The van der Waals surface area contributed by atoms with E-state index in [1.807, 2.05) is 25.1 Å². The van der Waals surface area contributed by atoms with Crippen molar-refractivity contribution in [3.63, 3.8) is 0 Å². The van der Waals surface area contributed by atoms with Crippen molar-refractivity contribution in [2.75, 3.05) is 23.3 Å². The average molecular weight is 404 g/mol. The normalized spacial score (nSPS) is 20.5. The standard InChI is InChI=1S/C21H26ClN3O3/c1-13-9-18(6-7-19(13)22)28-16(4)21(26)24-17-5-8-20(23-10-17)25-11-14(2)27-15(3)12-25/h5-10,14-16H,11-12H2,1-4H3,(H,24,26). The van der Waals surface area contributed by atoms with E-state index in [2.05, 4.69) is 29.0 Å². The van der Waals surface area contributed by atoms with Crippen LogP contribution in [-0.2, 0) is 9.53 Å². The molecule has 1 aliphatic rings. The number of amides is 1. The third kappa shape index (κ3) is 5.14. The number of anilines is 2. The molecule has 6 nitrogen and oxygen atoms in total. The van der Waals surface area contributed by atoms with E-state index in [1.54, 1.807) is 25.3 Å². The van der Waals surface area contributed by atoms with Crippen LogP contribution in [0.25, 0.3) is 0 Å². The Hall–Kier alpha value is -2.31. The lowest BCUT2D eigenvalue weighted by molar-refractivity contribution is -0.122. The van der Waals surface area contributed by atoms with Gasteiger partial charge in [0.2, 0.25) is 0 Å². The lowest BCUT2D eigenvalue weighted by Gasteiger charge is -2.36. The highest BCUT2D eigenvalue weighted by Crippen LogP contribution is 2.23. The molecule has 1 aromatic carbocycles. The highest BCUT2D eigenvalue weighted by molar-refractivity contribution is 6.31. The molecule has 3 unspecified atom stereocenters. The fourth-order valence-electron chi connectivity index (χ4n) is 3.20. The second-order valence-corrected chi connectivity index (χ2v) is 7.63. The quantitative estimate of drug-likeness (QED) is 0.815. The van der Waals surface area contributed by atoms with Gasteiger partial charge in [0.25, 0.3) is 5.91 Å². The first-order chi connectivity index (χ1) is 13.3. The Kier molecular flexibility index (Phi) is 6.42. The maximum absolute atomic E-state index is 12.4. The number of rotatable bonds is 5. The summed E-state index contributed by atoms with van der Waals surface area (Å²) in [6.45, 7) is 9.31. The van der Waals surface area contributed by atoms with E-state index in [0.717, 1.165) is 24.5 Å². The number of ether oxygens (including phenoxy) is 2. The summed E-state index contributed by atoms with van der Waals surface area (Å²) in [4.78, 5) is 19.1. The van der Waals surface area contributed by atoms with Crippen LogP contribution < -0.4 is 15.0 Å². The Balaban J connectivity index is 1.58. The van der Waals surface area contributed by atoms with Crippen molar-refractivity contribution in [1.29, 1.82) is 0 Å². The molecule has 0 aliphatic carbocycles. The second kappa shape index (κ2) is 8.80. The van der Waals surface area contributed by atoms with Crippen molar-refractivity contribution in [3.05, 3.63) is 47.1 Å². The number of aromatic nitrogens is 1. The lowest BCUT2D eigenvalue weighted by Crippen LogP contribution is -2.45. The van der Waals surface area contributed by atoms with Gasteiger partial charge in [-0.05, 0) is 63.6 Å². The number of pyridine rings is 1. The van der Waals surface area contributed by atoms with Crippen molar-refractivity contribution in [2.24, 2.45) is 0 Å². The zero-order valence-corrected chi connectivity index (χ0v) is 17.4. The van der Waals surface area contributed by atoms with Gasteiger partial charge in [0.15, 0.2) is 6.10 Å². The molecule has 2 aromatic rings. The topological polar surface area (TPSA) is 63.7 Å². The molecule has 1 fully saturated rings. The number of morpholine rings is 1. The van der Waals surface area contributed by atoms with Crippen LogP contribution in [0.4, 0.5) is 11.5 Å². The minimum absolute atomic E-state index is 0.166. The molecule has 1 N–H and O–H groups in total. The predicted molar refractivity (Wildman–Crippen MR) is 111 cm³/mol. The number of carbonyl (C=O) groups excluding carboxylic acids is 1. The molecule has 0 saturated carbocycles. The van der Waals surface area contributed by atoms with Gasteiger partial charge in [0, 0.05) is 18.1 Å². The summed E-state index contributed by atoms with van der Waals surface area (Å²) >= 11 is 6.02. The molecule has 2 heterocycles. The van der Waals surface area contributed by atoms with Gasteiger partial charge in [0.05, 0.1) is 24.1 Å². The van der Waals surface area contributed by atoms with Crippen molar-refractivity contribution < 1.29 is 14.3 Å². The largest absolute Gasteiger partial charge is 0.481 e. The lowest BCUT2D eigenvalue weighted by atomic mass is 10.2. The zero-order chi connectivity index (χ0) is 20.3. The van der Waals surface area contributed by atoms with Gasteiger partial charge in [-0.1, -0.05) is 11.6 Å². The molecule has 7 heteroatoms. The molecule has 0 radical (unpaired) electrons. The third-order valence-electron chi connectivity index (χ3n) is 4.57. The van der Waals surface area contributed by atoms with E-state index in [0.29, 0.717) is 16.5 Å². The van der Waals surface area contributed by atoms with Crippen LogP contribution in [0.15, 0.2) is 36.5 Å². The molecule has 1 amide bonds. The molecule has 3 atom stereocenters. The molecular weight excluding hydrogens is 378 g/mol. The molecule has 1 aromatic heterocycles. The third-order valence-corrected chi connectivity index (χ3v) is 4.99. The van der Waals surface area contributed by atoms with E-state index in [4.69, 9.17) is 21.1 Å². The molecule has 1 aliphatic heterocycles. The molecule has 150 valence electrons.